The Balaban J connectivity index is 1.53. The summed E-state index contributed by atoms with van der Waals surface area (Å²) in [6, 6.07) is 18.2. The topological polar surface area (TPSA) is 122 Å². The summed E-state index contributed by atoms with van der Waals surface area (Å²) < 4.78 is 60.6. The summed E-state index contributed by atoms with van der Waals surface area (Å²) in [5, 5.41) is 2.64. The fourth-order valence-corrected chi connectivity index (χ4v) is 6.43. The minimum atomic E-state index is -3.97. The third-order valence-corrected chi connectivity index (χ3v) is 8.81. The molecule has 0 spiro atoms. The molecule has 0 radical (unpaired) electrons. The first kappa shape index (κ1) is 24.7. The molecule has 1 fully saturated rings. The predicted octanol–water partition coefficient (Wildman–Crippen LogP) is 3.53. The number of hydrogen-bond acceptors (Lipinski definition) is 6. The molecule has 9 nitrogen and oxygen atoms in total. The van der Waals surface area contributed by atoms with E-state index in [-0.39, 0.29) is 26.7 Å². The number of rotatable bonds is 8. The monoisotopic (exact) mass is 515 g/mol. The third kappa shape index (κ3) is 5.47. The molecular weight excluding hydrogens is 490 g/mol. The van der Waals surface area contributed by atoms with Gasteiger partial charge < -0.3 is 10.1 Å². The van der Waals surface area contributed by atoms with Crippen molar-refractivity contribution in [2.75, 3.05) is 30.2 Å². The predicted molar refractivity (Wildman–Crippen MR) is 133 cm³/mol. The largest absolute Gasteiger partial charge is 0.495 e. The van der Waals surface area contributed by atoms with E-state index in [4.69, 9.17) is 4.74 Å². The van der Waals surface area contributed by atoms with Gasteiger partial charge in [0.15, 0.2) is 0 Å². The number of hydrogen-bond donors (Lipinski definition) is 2. The number of para-hydroxylation sites is 2. The number of carbonyl (C=O) groups excluding carboxylic acids is 1. The number of amides is 1. The summed E-state index contributed by atoms with van der Waals surface area (Å²) >= 11 is 0. The van der Waals surface area contributed by atoms with E-state index >= 15 is 0 Å². The molecule has 4 rings (SSSR count). The molecule has 1 saturated heterocycles. The molecule has 0 bridgehead atoms. The highest BCUT2D eigenvalue weighted by molar-refractivity contribution is 7.92. The lowest BCUT2D eigenvalue weighted by Gasteiger charge is -2.16. The minimum absolute atomic E-state index is 0.0457. The molecule has 1 aliphatic heterocycles. The van der Waals surface area contributed by atoms with Crippen LogP contribution < -0.4 is 14.8 Å². The second-order valence-electron chi connectivity index (χ2n) is 7.93. The van der Waals surface area contributed by atoms with Crippen LogP contribution in [0.1, 0.15) is 23.2 Å². The van der Waals surface area contributed by atoms with Crippen molar-refractivity contribution >= 4 is 37.3 Å². The van der Waals surface area contributed by atoms with Crippen LogP contribution in [-0.4, -0.2) is 47.2 Å². The molecule has 3 aromatic rings. The average molecular weight is 516 g/mol. The lowest BCUT2D eigenvalue weighted by Crippen LogP contribution is -2.28. The van der Waals surface area contributed by atoms with Crippen LogP contribution in [0.3, 0.4) is 0 Å². The van der Waals surface area contributed by atoms with Gasteiger partial charge in [0.1, 0.15) is 5.75 Å². The van der Waals surface area contributed by atoms with Crippen LogP contribution in [0.2, 0.25) is 0 Å². The van der Waals surface area contributed by atoms with Crippen molar-refractivity contribution in [3.8, 4) is 5.75 Å². The van der Waals surface area contributed by atoms with Crippen molar-refractivity contribution in [1.29, 1.82) is 0 Å². The Hall–Kier alpha value is -3.41. The van der Waals surface area contributed by atoms with Gasteiger partial charge in [-0.25, -0.2) is 16.8 Å². The van der Waals surface area contributed by atoms with Gasteiger partial charge in [-0.1, -0.05) is 24.3 Å². The van der Waals surface area contributed by atoms with E-state index in [2.05, 4.69) is 10.0 Å². The molecule has 35 heavy (non-hydrogen) atoms. The van der Waals surface area contributed by atoms with Crippen molar-refractivity contribution in [1.82, 2.24) is 4.31 Å². The Morgan fingerprint density at radius 1 is 0.857 bits per heavy atom. The zero-order valence-corrected chi connectivity index (χ0v) is 20.6. The minimum Gasteiger partial charge on any atom is -0.495 e. The Morgan fingerprint density at radius 2 is 1.54 bits per heavy atom. The highest BCUT2D eigenvalue weighted by Gasteiger charge is 2.27. The number of benzene rings is 3. The first-order chi connectivity index (χ1) is 16.7. The van der Waals surface area contributed by atoms with E-state index in [0.717, 1.165) is 12.8 Å². The fourth-order valence-electron chi connectivity index (χ4n) is 3.75. The van der Waals surface area contributed by atoms with Gasteiger partial charge in [-0.3, -0.25) is 9.52 Å². The van der Waals surface area contributed by atoms with Crippen LogP contribution in [0.5, 0.6) is 5.75 Å². The molecule has 0 aliphatic carbocycles. The first-order valence-corrected chi connectivity index (χ1v) is 13.8. The van der Waals surface area contributed by atoms with Crippen LogP contribution in [0.15, 0.2) is 82.6 Å². The molecule has 11 heteroatoms. The van der Waals surface area contributed by atoms with Gasteiger partial charge in [-0.05, 0) is 61.4 Å². The first-order valence-electron chi connectivity index (χ1n) is 10.9. The van der Waals surface area contributed by atoms with Gasteiger partial charge >= 0.3 is 0 Å². The van der Waals surface area contributed by atoms with Crippen LogP contribution in [0, 0.1) is 0 Å². The van der Waals surface area contributed by atoms with Crippen molar-refractivity contribution in [2.24, 2.45) is 0 Å². The molecule has 1 amide bonds. The Kier molecular flexibility index (Phi) is 7.10. The summed E-state index contributed by atoms with van der Waals surface area (Å²) in [7, 11) is -6.21. The summed E-state index contributed by atoms with van der Waals surface area (Å²) in [5.41, 5.74) is 0.664. The quantitative estimate of drug-likeness (QED) is 0.473. The van der Waals surface area contributed by atoms with Gasteiger partial charge in [-0.15, -0.1) is 0 Å². The van der Waals surface area contributed by atoms with Gasteiger partial charge in [0, 0.05) is 24.3 Å². The van der Waals surface area contributed by atoms with Crippen LogP contribution in [0.4, 0.5) is 11.4 Å². The Labute approximate surface area is 204 Å². The van der Waals surface area contributed by atoms with E-state index in [0.29, 0.717) is 18.8 Å². The van der Waals surface area contributed by atoms with Crippen molar-refractivity contribution in [3.05, 3.63) is 78.4 Å². The number of carbonyl (C=O) groups is 1. The standard InChI is InChI=1S/C24H25N3O6S2/c1-33-23-13-3-2-12-22(23)26-34(29,30)20-10-7-9-19(17-20)25-24(28)18-8-6-11-21(16-18)35(31,32)27-14-4-5-15-27/h2-3,6-13,16-17,26H,4-5,14-15H2,1H3,(H,25,28). The zero-order valence-electron chi connectivity index (χ0n) is 19.0. The molecule has 0 atom stereocenters. The molecule has 0 saturated carbocycles. The average Bonchev–Trinajstić information content (AvgIpc) is 3.40. The highest BCUT2D eigenvalue weighted by Crippen LogP contribution is 2.27. The van der Waals surface area contributed by atoms with Crippen molar-refractivity contribution in [2.45, 2.75) is 22.6 Å². The summed E-state index contributed by atoms with van der Waals surface area (Å²) in [4.78, 5) is 12.8. The van der Waals surface area contributed by atoms with Gasteiger partial charge in [-0.2, -0.15) is 4.31 Å². The lowest BCUT2D eigenvalue weighted by molar-refractivity contribution is 0.102. The molecular formula is C24H25N3O6S2. The van der Waals surface area contributed by atoms with E-state index in [1.54, 1.807) is 30.3 Å². The number of nitrogens with one attached hydrogen (secondary N) is 2. The van der Waals surface area contributed by atoms with Crippen molar-refractivity contribution in [3.63, 3.8) is 0 Å². The normalized spacial score (nSPS) is 14.4. The molecule has 1 heterocycles. The lowest BCUT2D eigenvalue weighted by atomic mass is 10.2. The number of anilines is 2. The summed E-state index contributed by atoms with van der Waals surface area (Å²) in [6.07, 6.45) is 1.62. The second-order valence-corrected chi connectivity index (χ2v) is 11.5. The number of ether oxygens (including phenoxy) is 1. The number of sulfonamides is 2. The van der Waals surface area contributed by atoms with E-state index < -0.39 is 26.0 Å². The summed E-state index contributed by atoms with van der Waals surface area (Å²) in [5.74, 6) is -0.194. The van der Waals surface area contributed by atoms with Gasteiger partial charge in [0.2, 0.25) is 10.0 Å². The van der Waals surface area contributed by atoms with Crippen LogP contribution >= 0.6 is 0 Å². The van der Waals surface area contributed by atoms with Crippen LogP contribution in [0.25, 0.3) is 0 Å². The molecule has 0 aromatic heterocycles. The highest BCUT2D eigenvalue weighted by atomic mass is 32.2. The van der Waals surface area contributed by atoms with E-state index in [1.165, 1.54) is 53.9 Å². The van der Waals surface area contributed by atoms with E-state index in [1.807, 2.05) is 0 Å². The Morgan fingerprint density at radius 3 is 2.29 bits per heavy atom. The van der Waals surface area contributed by atoms with E-state index in [9.17, 15) is 21.6 Å². The maximum absolute atomic E-state index is 12.9. The summed E-state index contributed by atoms with van der Waals surface area (Å²) in [6.45, 7) is 0.922. The Bertz CT molecular complexity index is 1450. The smallest absolute Gasteiger partial charge is 0.262 e. The SMILES string of the molecule is COc1ccccc1NS(=O)(=O)c1cccc(NC(=O)c2cccc(S(=O)(=O)N3CCCC3)c2)c1. The van der Waals surface area contributed by atoms with Crippen molar-refractivity contribution < 1.29 is 26.4 Å². The van der Waals surface area contributed by atoms with Gasteiger partial charge in [0.05, 0.1) is 22.6 Å². The number of methoxy groups -OCH3 is 1. The zero-order chi connectivity index (χ0) is 25.1. The molecule has 184 valence electrons. The van der Waals surface area contributed by atoms with Gasteiger partial charge in [0.25, 0.3) is 15.9 Å². The molecule has 2 N–H and O–H groups in total. The molecule has 1 aliphatic rings. The maximum atomic E-state index is 12.9. The van der Waals surface area contributed by atoms with Crippen LogP contribution in [-0.2, 0) is 20.0 Å². The molecule has 0 unspecified atom stereocenters. The second kappa shape index (κ2) is 10.1. The third-order valence-electron chi connectivity index (χ3n) is 5.55. The number of nitrogens with zero attached hydrogens (tertiary/aromatic N) is 1. The fraction of sp³-hybridized carbons (Fsp3) is 0.208. The maximum Gasteiger partial charge on any atom is 0.262 e. The molecule has 3 aromatic carbocycles.